The van der Waals surface area contributed by atoms with E-state index in [2.05, 4.69) is 25.9 Å². The third-order valence-electron chi connectivity index (χ3n) is 5.18. The molecule has 0 bridgehead atoms. The van der Waals surface area contributed by atoms with Gasteiger partial charge in [-0.1, -0.05) is 13.8 Å². The maximum Gasteiger partial charge on any atom is 0.326 e. The monoisotopic (exact) mass is 528 g/mol. The lowest BCUT2D eigenvalue weighted by atomic mass is 10.0. The summed E-state index contributed by atoms with van der Waals surface area (Å²) < 4.78 is 0. The van der Waals surface area contributed by atoms with Gasteiger partial charge >= 0.3 is 11.9 Å². The maximum atomic E-state index is 13.2. The zero-order valence-corrected chi connectivity index (χ0v) is 21.5. The van der Waals surface area contributed by atoms with E-state index in [4.69, 9.17) is 10.8 Å². The number of imidazole rings is 1. The third-order valence-corrected chi connectivity index (χ3v) is 5.83. The molecule has 0 spiro atoms. The highest BCUT2D eigenvalue weighted by Gasteiger charge is 2.31. The summed E-state index contributed by atoms with van der Waals surface area (Å²) >= 11 is 1.45. The van der Waals surface area contributed by atoms with Gasteiger partial charge in [-0.05, 0) is 37.2 Å². The number of aromatic nitrogens is 2. The first-order chi connectivity index (χ1) is 16.9. The average Bonchev–Trinajstić information content (AvgIpc) is 3.31. The first-order valence-corrected chi connectivity index (χ1v) is 12.9. The molecule has 4 atom stereocenters. The number of carbonyl (C=O) groups excluding carboxylic acids is 3. The molecule has 1 heterocycles. The largest absolute Gasteiger partial charge is 0.481 e. The number of carbonyl (C=O) groups is 5. The zero-order valence-electron chi connectivity index (χ0n) is 20.7. The number of amides is 3. The SMILES string of the molecule is CSCCC(NC(=O)C(CC(C)C)NC(=O)C(Cc1cnc[nH]1)NC(=O)C(N)CCC(=O)O)C(=O)O. The van der Waals surface area contributed by atoms with Gasteiger partial charge in [-0.25, -0.2) is 9.78 Å². The van der Waals surface area contributed by atoms with E-state index in [1.165, 1.54) is 24.3 Å². The van der Waals surface area contributed by atoms with Crippen LogP contribution in [0.4, 0.5) is 0 Å². The lowest BCUT2D eigenvalue weighted by Gasteiger charge is -2.26. The average molecular weight is 529 g/mol. The third kappa shape index (κ3) is 11.5. The number of aliphatic carboxylic acids is 2. The molecule has 0 saturated carbocycles. The van der Waals surface area contributed by atoms with Gasteiger partial charge in [-0.2, -0.15) is 11.8 Å². The second kappa shape index (κ2) is 15.8. The first-order valence-electron chi connectivity index (χ1n) is 11.5. The van der Waals surface area contributed by atoms with Crippen molar-refractivity contribution in [2.75, 3.05) is 12.0 Å². The van der Waals surface area contributed by atoms with Crippen molar-refractivity contribution < 1.29 is 34.2 Å². The Labute approximate surface area is 213 Å². The van der Waals surface area contributed by atoms with Crippen LogP contribution in [-0.4, -0.2) is 86.0 Å². The molecule has 4 unspecified atom stereocenters. The van der Waals surface area contributed by atoms with E-state index in [9.17, 15) is 29.1 Å². The van der Waals surface area contributed by atoms with Crippen molar-refractivity contribution in [2.45, 2.75) is 70.1 Å². The van der Waals surface area contributed by atoms with Crippen LogP contribution in [0.5, 0.6) is 0 Å². The molecule has 1 aromatic heterocycles. The Morgan fingerprint density at radius 3 is 2.14 bits per heavy atom. The van der Waals surface area contributed by atoms with Crippen LogP contribution in [0.15, 0.2) is 12.5 Å². The number of nitrogens with one attached hydrogen (secondary N) is 4. The molecule has 13 nitrogen and oxygen atoms in total. The number of carboxylic acid groups (broad SMARTS) is 2. The summed E-state index contributed by atoms with van der Waals surface area (Å²) in [5.41, 5.74) is 6.31. The van der Waals surface area contributed by atoms with Crippen molar-refractivity contribution in [3.8, 4) is 0 Å². The fraction of sp³-hybridized carbons (Fsp3) is 0.636. The normalized spacial score (nSPS) is 14.4. The summed E-state index contributed by atoms with van der Waals surface area (Å²) in [5.74, 6) is -3.81. The van der Waals surface area contributed by atoms with Gasteiger partial charge in [0.05, 0.1) is 12.4 Å². The molecule has 8 N–H and O–H groups in total. The Kier molecular flexibility index (Phi) is 13.5. The van der Waals surface area contributed by atoms with Gasteiger partial charge in [0.15, 0.2) is 0 Å². The standard InChI is InChI=1S/C22H36N6O7S/c1-12(2)8-16(20(32)26-15(22(34)35)6-7-36-3)28-21(33)17(9-13-10-24-11-25-13)27-19(31)14(23)4-5-18(29)30/h10-12,14-17H,4-9,23H2,1-3H3,(H,24,25)(H,26,32)(H,27,31)(H,28,33)(H,29,30)(H,34,35). The highest BCUT2D eigenvalue weighted by Crippen LogP contribution is 2.09. The van der Waals surface area contributed by atoms with Crippen LogP contribution in [0.25, 0.3) is 0 Å². The van der Waals surface area contributed by atoms with Crippen molar-refractivity contribution in [3.63, 3.8) is 0 Å². The Morgan fingerprint density at radius 2 is 1.61 bits per heavy atom. The Bertz CT molecular complexity index is 880. The number of nitrogens with two attached hydrogens (primary N) is 1. The number of nitrogens with zero attached hydrogens (tertiary/aromatic N) is 1. The summed E-state index contributed by atoms with van der Waals surface area (Å²) in [6.45, 7) is 3.69. The molecule has 1 rings (SSSR count). The van der Waals surface area contributed by atoms with Crippen LogP contribution in [0.3, 0.4) is 0 Å². The predicted octanol–water partition coefficient (Wildman–Crippen LogP) is -0.517. The van der Waals surface area contributed by atoms with E-state index in [1.807, 2.05) is 20.1 Å². The van der Waals surface area contributed by atoms with Crippen LogP contribution in [0, 0.1) is 5.92 Å². The van der Waals surface area contributed by atoms with Crippen LogP contribution in [0.1, 0.15) is 45.2 Å². The molecule has 0 aromatic carbocycles. The number of aromatic amines is 1. The fourth-order valence-corrected chi connectivity index (χ4v) is 3.73. The van der Waals surface area contributed by atoms with Crippen molar-refractivity contribution in [3.05, 3.63) is 18.2 Å². The first kappa shape index (κ1) is 30.9. The lowest BCUT2D eigenvalue weighted by Crippen LogP contribution is -2.58. The maximum absolute atomic E-state index is 13.2. The summed E-state index contributed by atoms with van der Waals surface area (Å²) in [5, 5.41) is 25.9. The van der Waals surface area contributed by atoms with Gasteiger partial charge in [-0.15, -0.1) is 0 Å². The van der Waals surface area contributed by atoms with Crippen LogP contribution >= 0.6 is 11.8 Å². The van der Waals surface area contributed by atoms with Gasteiger partial charge in [0.2, 0.25) is 17.7 Å². The van der Waals surface area contributed by atoms with E-state index < -0.39 is 53.8 Å². The summed E-state index contributed by atoms with van der Waals surface area (Å²) in [6, 6.07) is -4.46. The van der Waals surface area contributed by atoms with E-state index in [1.54, 1.807) is 0 Å². The minimum atomic E-state index is -1.17. The second-order valence-electron chi connectivity index (χ2n) is 8.75. The Morgan fingerprint density at radius 1 is 1.00 bits per heavy atom. The highest BCUT2D eigenvalue weighted by molar-refractivity contribution is 7.98. The van der Waals surface area contributed by atoms with E-state index in [-0.39, 0.29) is 38.0 Å². The van der Waals surface area contributed by atoms with Gasteiger partial charge in [0.25, 0.3) is 0 Å². The smallest absolute Gasteiger partial charge is 0.326 e. The van der Waals surface area contributed by atoms with Crippen LogP contribution in [-0.2, 0) is 30.4 Å². The van der Waals surface area contributed by atoms with Gasteiger partial charge in [-0.3, -0.25) is 19.2 Å². The quantitative estimate of drug-likeness (QED) is 0.137. The molecule has 0 radical (unpaired) electrons. The molecule has 14 heteroatoms. The van der Waals surface area contributed by atoms with Crippen molar-refractivity contribution in [2.24, 2.45) is 11.7 Å². The summed E-state index contributed by atoms with van der Waals surface area (Å²) in [4.78, 5) is 67.7. The number of thioether (sulfide) groups is 1. The lowest BCUT2D eigenvalue weighted by molar-refractivity contribution is -0.142. The number of hydrogen-bond donors (Lipinski definition) is 7. The molecular formula is C22H36N6O7S. The molecule has 0 aliphatic rings. The van der Waals surface area contributed by atoms with Crippen molar-refractivity contribution >= 4 is 41.4 Å². The molecule has 0 saturated heterocycles. The molecule has 0 fully saturated rings. The van der Waals surface area contributed by atoms with Gasteiger partial charge in [0, 0.05) is 24.7 Å². The summed E-state index contributed by atoms with van der Waals surface area (Å²) in [6.07, 6.45) is 4.72. The van der Waals surface area contributed by atoms with E-state index in [0.29, 0.717) is 11.4 Å². The zero-order chi connectivity index (χ0) is 27.3. The van der Waals surface area contributed by atoms with Crippen LogP contribution in [0.2, 0.25) is 0 Å². The molecule has 0 aliphatic carbocycles. The Hall–Kier alpha value is -3.13. The molecule has 202 valence electrons. The van der Waals surface area contributed by atoms with Crippen molar-refractivity contribution in [1.29, 1.82) is 0 Å². The number of carboxylic acids is 2. The van der Waals surface area contributed by atoms with Crippen LogP contribution < -0.4 is 21.7 Å². The van der Waals surface area contributed by atoms with E-state index in [0.717, 1.165) is 0 Å². The van der Waals surface area contributed by atoms with Gasteiger partial charge in [0.1, 0.15) is 18.1 Å². The second-order valence-corrected chi connectivity index (χ2v) is 9.74. The molecule has 0 aliphatic heterocycles. The predicted molar refractivity (Wildman–Crippen MR) is 133 cm³/mol. The highest BCUT2D eigenvalue weighted by atomic mass is 32.2. The minimum absolute atomic E-state index is 0.00468. The molecule has 1 aromatic rings. The number of H-pyrrole nitrogens is 1. The number of rotatable bonds is 17. The topological polar surface area (TPSA) is 217 Å². The molecule has 3 amide bonds. The van der Waals surface area contributed by atoms with E-state index >= 15 is 0 Å². The summed E-state index contributed by atoms with van der Waals surface area (Å²) in [7, 11) is 0. The van der Waals surface area contributed by atoms with Gasteiger partial charge < -0.3 is 36.9 Å². The molecular weight excluding hydrogens is 492 g/mol. The fourth-order valence-electron chi connectivity index (χ4n) is 3.25. The van der Waals surface area contributed by atoms with Crippen molar-refractivity contribution in [1.82, 2.24) is 25.9 Å². The molecule has 36 heavy (non-hydrogen) atoms. The number of hydrogen-bond acceptors (Lipinski definition) is 8. The Balaban J connectivity index is 3.02. The minimum Gasteiger partial charge on any atom is -0.481 e.